The van der Waals surface area contributed by atoms with Gasteiger partial charge in [0.25, 0.3) is 0 Å². The fourth-order valence-electron chi connectivity index (χ4n) is 1.05. The largest absolute Gasteiger partial charge is 0.496 e. The molecule has 0 spiro atoms. The maximum absolute atomic E-state index is 5.08. The lowest BCUT2D eigenvalue weighted by Crippen LogP contribution is -1.88. The second-order valence-corrected chi connectivity index (χ2v) is 2.60. The zero-order valence-corrected chi connectivity index (χ0v) is 7.27. The second kappa shape index (κ2) is 3.42. The third-order valence-electron chi connectivity index (χ3n) is 1.65. The molecule has 0 amide bonds. The van der Waals surface area contributed by atoms with Crippen LogP contribution in [0, 0.1) is 13.0 Å². The Morgan fingerprint density at radius 2 is 2.18 bits per heavy atom. The average Bonchev–Trinajstić information content (AvgIpc) is 2.03. The first kappa shape index (κ1) is 8.12. The van der Waals surface area contributed by atoms with Crippen molar-refractivity contribution in [2.75, 3.05) is 7.11 Å². The van der Waals surface area contributed by atoms with Crippen LogP contribution in [0.5, 0.6) is 5.75 Å². The molecule has 0 fully saturated rings. The summed E-state index contributed by atoms with van der Waals surface area (Å²) in [5.41, 5.74) is 2.44. The van der Waals surface area contributed by atoms with Crippen LogP contribution in [-0.2, 0) is 6.42 Å². The van der Waals surface area contributed by atoms with Gasteiger partial charge in [-0.05, 0) is 30.5 Å². The molecule has 1 nitrogen and oxygen atoms in total. The number of hydrogen-bond donors (Lipinski definition) is 0. The van der Waals surface area contributed by atoms with Crippen LogP contribution in [-0.4, -0.2) is 7.11 Å². The molecule has 0 aliphatic carbocycles. The summed E-state index contributed by atoms with van der Waals surface area (Å²) in [4.78, 5) is 0. The molecule has 0 bridgehead atoms. The van der Waals surface area contributed by atoms with Crippen LogP contribution in [0.2, 0.25) is 0 Å². The average molecular weight is 149 g/mol. The zero-order valence-electron chi connectivity index (χ0n) is 7.27. The van der Waals surface area contributed by atoms with E-state index in [1.54, 1.807) is 7.11 Å². The molecule has 0 atom stereocenters. The van der Waals surface area contributed by atoms with Crippen molar-refractivity contribution in [3.8, 4) is 5.75 Å². The Morgan fingerprint density at radius 1 is 1.45 bits per heavy atom. The number of rotatable bonds is 2. The van der Waals surface area contributed by atoms with Crippen molar-refractivity contribution in [2.24, 2.45) is 0 Å². The topological polar surface area (TPSA) is 9.23 Å². The highest BCUT2D eigenvalue weighted by molar-refractivity contribution is 5.32. The van der Waals surface area contributed by atoms with Gasteiger partial charge in [-0.1, -0.05) is 13.0 Å². The lowest BCUT2D eigenvalue weighted by atomic mass is 10.1. The van der Waals surface area contributed by atoms with E-state index in [9.17, 15) is 0 Å². The van der Waals surface area contributed by atoms with Gasteiger partial charge in [0.2, 0.25) is 0 Å². The molecule has 0 aromatic heterocycles. The van der Waals surface area contributed by atoms with Crippen molar-refractivity contribution in [2.45, 2.75) is 20.3 Å². The molecule has 0 heterocycles. The van der Waals surface area contributed by atoms with Crippen LogP contribution >= 0.6 is 0 Å². The fraction of sp³-hybridized carbons (Fsp3) is 0.400. The van der Waals surface area contributed by atoms with Crippen molar-refractivity contribution in [3.05, 3.63) is 29.3 Å². The quantitative estimate of drug-likeness (QED) is 0.627. The fourth-order valence-corrected chi connectivity index (χ4v) is 1.05. The minimum Gasteiger partial charge on any atom is -0.496 e. The van der Waals surface area contributed by atoms with Crippen molar-refractivity contribution < 1.29 is 4.74 Å². The first-order valence-corrected chi connectivity index (χ1v) is 3.83. The highest BCUT2D eigenvalue weighted by atomic mass is 16.5. The van der Waals surface area contributed by atoms with Crippen molar-refractivity contribution in [3.63, 3.8) is 0 Å². The highest BCUT2D eigenvalue weighted by Gasteiger charge is 1.96. The molecular formula is C10H13O. The second-order valence-electron chi connectivity index (χ2n) is 2.60. The molecule has 0 aliphatic heterocycles. The summed E-state index contributed by atoms with van der Waals surface area (Å²) in [6.07, 6.45) is 1.01. The molecule has 1 radical (unpaired) electrons. The molecule has 0 N–H and O–H groups in total. The van der Waals surface area contributed by atoms with E-state index >= 15 is 0 Å². The first-order valence-electron chi connectivity index (χ1n) is 3.83. The van der Waals surface area contributed by atoms with Gasteiger partial charge in [-0.2, -0.15) is 0 Å². The molecular weight excluding hydrogens is 136 g/mol. The molecule has 0 aliphatic rings. The standard InChI is InChI=1S/C10H13O/c1-4-9-5-8(2)6-10(7-9)11-3/h5-6H,4H2,1-3H3. The van der Waals surface area contributed by atoms with Crippen LogP contribution in [0.1, 0.15) is 18.1 Å². The Bertz CT molecular complexity index is 218. The number of ether oxygens (including phenoxy) is 1. The first-order chi connectivity index (χ1) is 5.26. The van der Waals surface area contributed by atoms with Crippen LogP contribution in [0.15, 0.2) is 12.1 Å². The van der Waals surface area contributed by atoms with E-state index in [-0.39, 0.29) is 0 Å². The van der Waals surface area contributed by atoms with E-state index in [1.807, 2.05) is 6.07 Å². The van der Waals surface area contributed by atoms with E-state index in [0.717, 1.165) is 12.2 Å². The van der Waals surface area contributed by atoms with Crippen LogP contribution in [0.3, 0.4) is 0 Å². The van der Waals surface area contributed by atoms with E-state index in [4.69, 9.17) is 4.74 Å². The van der Waals surface area contributed by atoms with Gasteiger partial charge in [0.05, 0.1) is 7.11 Å². The van der Waals surface area contributed by atoms with Gasteiger partial charge in [-0.15, -0.1) is 0 Å². The van der Waals surface area contributed by atoms with Gasteiger partial charge in [-0.3, -0.25) is 0 Å². The third kappa shape index (κ3) is 1.97. The molecule has 1 aromatic carbocycles. The number of methoxy groups -OCH3 is 1. The Morgan fingerprint density at radius 3 is 2.73 bits per heavy atom. The summed E-state index contributed by atoms with van der Waals surface area (Å²) in [7, 11) is 1.67. The monoisotopic (exact) mass is 149 g/mol. The summed E-state index contributed by atoms with van der Waals surface area (Å²) >= 11 is 0. The van der Waals surface area contributed by atoms with E-state index in [0.29, 0.717) is 0 Å². The van der Waals surface area contributed by atoms with Crippen LogP contribution in [0.4, 0.5) is 0 Å². The normalized spacial score (nSPS) is 9.73. The maximum atomic E-state index is 5.08. The summed E-state index contributed by atoms with van der Waals surface area (Å²) in [5, 5.41) is 0. The van der Waals surface area contributed by atoms with Crippen LogP contribution in [0.25, 0.3) is 0 Å². The summed E-state index contributed by atoms with van der Waals surface area (Å²) in [5.74, 6) is 0.835. The van der Waals surface area contributed by atoms with Gasteiger partial charge >= 0.3 is 0 Å². The van der Waals surface area contributed by atoms with Crippen molar-refractivity contribution >= 4 is 0 Å². The zero-order chi connectivity index (χ0) is 8.27. The minimum atomic E-state index is 0.835. The van der Waals surface area contributed by atoms with Gasteiger partial charge in [-0.25, -0.2) is 0 Å². The molecule has 1 aromatic rings. The molecule has 1 heteroatoms. The van der Waals surface area contributed by atoms with E-state index in [2.05, 4.69) is 26.0 Å². The van der Waals surface area contributed by atoms with Gasteiger partial charge in [0.1, 0.15) is 5.75 Å². The third-order valence-corrected chi connectivity index (χ3v) is 1.65. The van der Waals surface area contributed by atoms with Crippen LogP contribution < -0.4 is 4.74 Å². The van der Waals surface area contributed by atoms with Gasteiger partial charge in [0, 0.05) is 6.07 Å². The number of hydrogen-bond acceptors (Lipinski definition) is 1. The smallest absolute Gasteiger partial charge is 0.127 e. The summed E-state index contributed by atoms with van der Waals surface area (Å²) in [6.45, 7) is 4.18. The van der Waals surface area contributed by atoms with Gasteiger partial charge in [0.15, 0.2) is 0 Å². The predicted octanol–water partition coefficient (Wildman–Crippen LogP) is 2.37. The lowest BCUT2D eigenvalue weighted by molar-refractivity contribution is 0.413. The number of benzene rings is 1. The predicted molar refractivity (Wildman–Crippen MR) is 45.9 cm³/mol. The Labute approximate surface area is 68.0 Å². The molecule has 59 valence electrons. The number of aryl methyl sites for hydroxylation is 2. The molecule has 11 heavy (non-hydrogen) atoms. The van der Waals surface area contributed by atoms with E-state index < -0.39 is 0 Å². The minimum absolute atomic E-state index is 0.835. The van der Waals surface area contributed by atoms with E-state index in [1.165, 1.54) is 11.1 Å². The Hall–Kier alpha value is -0.980. The Kier molecular flexibility index (Phi) is 2.53. The SMILES string of the molecule is CCc1[c]c(OC)cc(C)c1. The molecule has 1 rings (SSSR count). The molecule has 0 saturated heterocycles. The summed E-state index contributed by atoms with van der Waals surface area (Å²) in [6, 6.07) is 7.28. The highest BCUT2D eigenvalue weighted by Crippen LogP contribution is 2.15. The maximum Gasteiger partial charge on any atom is 0.127 e. The van der Waals surface area contributed by atoms with Crippen molar-refractivity contribution in [1.82, 2.24) is 0 Å². The van der Waals surface area contributed by atoms with Crippen molar-refractivity contribution in [1.29, 1.82) is 0 Å². The molecule has 0 saturated carbocycles. The molecule has 0 unspecified atom stereocenters. The lowest BCUT2D eigenvalue weighted by Gasteiger charge is -2.03. The van der Waals surface area contributed by atoms with Gasteiger partial charge < -0.3 is 4.74 Å². The Balaban J connectivity index is 3.02. The summed E-state index contributed by atoms with van der Waals surface area (Å²) < 4.78 is 5.08.